The number of thioether (sulfide) groups is 1. The highest BCUT2D eigenvalue weighted by Gasteiger charge is 2.19. The van der Waals surface area contributed by atoms with Crippen LogP contribution in [0, 0.1) is 0 Å². The van der Waals surface area contributed by atoms with Crippen molar-refractivity contribution >= 4 is 17.4 Å². The van der Waals surface area contributed by atoms with Crippen molar-refractivity contribution in [3.63, 3.8) is 0 Å². The van der Waals surface area contributed by atoms with Gasteiger partial charge in [0.25, 0.3) is 0 Å². The van der Waals surface area contributed by atoms with Crippen LogP contribution in [0.5, 0.6) is 5.75 Å². The van der Waals surface area contributed by atoms with E-state index >= 15 is 0 Å². The predicted molar refractivity (Wildman–Crippen MR) is 64.5 cm³/mol. The zero-order chi connectivity index (χ0) is 10.7. The largest absolute Gasteiger partial charge is 0.494 e. The van der Waals surface area contributed by atoms with Crippen molar-refractivity contribution < 1.29 is 4.74 Å². The number of nitrogens with one attached hydrogen (secondary N) is 1. The van der Waals surface area contributed by atoms with Gasteiger partial charge in [-0.25, -0.2) is 0 Å². The predicted octanol–water partition coefficient (Wildman–Crippen LogP) is 1.73. The van der Waals surface area contributed by atoms with Crippen LogP contribution in [0.15, 0.2) is 23.1 Å². The molecule has 1 heterocycles. The lowest BCUT2D eigenvalue weighted by Gasteiger charge is -2.26. The van der Waals surface area contributed by atoms with Crippen LogP contribution in [0.1, 0.15) is 6.92 Å². The molecule has 0 unspecified atom stereocenters. The number of nitrogens with two attached hydrogens (primary N) is 1. The van der Waals surface area contributed by atoms with Gasteiger partial charge in [0.2, 0.25) is 0 Å². The molecule has 1 aromatic carbocycles. The van der Waals surface area contributed by atoms with Crippen LogP contribution in [0.4, 0.5) is 5.69 Å². The molecule has 4 heteroatoms. The summed E-state index contributed by atoms with van der Waals surface area (Å²) in [4.78, 5) is 1.13. The highest BCUT2D eigenvalue weighted by molar-refractivity contribution is 8.00. The minimum atomic E-state index is 0.657. The molecule has 1 fully saturated rings. The highest BCUT2D eigenvalue weighted by atomic mass is 32.2. The van der Waals surface area contributed by atoms with Crippen LogP contribution < -0.4 is 15.8 Å². The lowest BCUT2D eigenvalue weighted by Crippen LogP contribution is -2.44. The van der Waals surface area contributed by atoms with E-state index in [1.54, 1.807) is 0 Å². The number of anilines is 1. The van der Waals surface area contributed by atoms with Gasteiger partial charge < -0.3 is 15.8 Å². The van der Waals surface area contributed by atoms with E-state index in [0.29, 0.717) is 11.9 Å². The zero-order valence-corrected chi connectivity index (χ0v) is 9.64. The third kappa shape index (κ3) is 2.58. The summed E-state index contributed by atoms with van der Waals surface area (Å²) in [6.07, 6.45) is 0. The Hall–Kier alpha value is -0.870. The van der Waals surface area contributed by atoms with Crippen LogP contribution in [0.2, 0.25) is 0 Å². The first-order valence-electron chi connectivity index (χ1n) is 5.19. The SMILES string of the molecule is CCOc1ccc(N)c(SC2CNC2)c1. The average molecular weight is 224 g/mol. The molecular weight excluding hydrogens is 208 g/mol. The van der Waals surface area contributed by atoms with E-state index in [1.807, 2.05) is 36.9 Å². The molecule has 15 heavy (non-hydrogen) atoms. The zero-order valence-electron chi connectivity index (χ0n) is 8.82. The first kappa shape index (κ1) is 10.6. The summed E-state index contributed by atoms with van der Waals surface area (Å²) in [6, 6.07) is 5.86. The third-order valence-electron chi connectivity index (χ3n) is 2.33. The molecule has 0 saturated carbocycles. The van der Waals surface area contributed by atoms with Crippen LogP contribution in [-0.4, -0.2) is 24.9 Å². The molecule has 1 saturated heterocycles. The number of nitrogen functional groups attached to an aromatic ring is 1. The summed E-state index contributed by atoms with van der Waals surface area (Å²) in [5.41, 5.74) is 6.76. The maximum absolute atomic E-state index is 5.92. The molecule has 0 amide bonds. The third-order valence-corrected chi connectivity index (χ3v) is 3.61. The summed E-state index contributed by atoms with van der Waals surface area (Å²) in [7, 11) is 0. The van der Waals surface area contributed by atoms with Crippen LogP contribution in [-0.2, 0) is 0 Å². The van der Waals surface area contributed by atoms with E-state index < -0.39 is 0 Å². The number of ether oxygens (including phenoxy) is 1. The van der Waals surface area contributed by atoms with Gasteiger partial charge in [-0.1, -0.05) is 0 Å². The molecule has 0 spiro atoms. The van der Waals surface area contributed by atoms with Crippen molar-refractivity contribution in [3.8, 4) is 5.75 Å². The summed E-state index contributed by atoms with van der Waals surface area (Å²) in [5.74, 6) is 0.904. The van der Waals surface area contributed by atoms with Crippen LogP contribution in [0.3, 0.4) is 0 Å². The smallest absolute Gasteiger partial charge is 0.120 e. The van der Waals surface area contributed by atoms with Gasteiger partial charge in [-0.2, -0.15) is 0 Å². The Labute approximate surface area is 94.4 Å². The van der Waals surface area contributed by atoms with E-state index in [0.717, 1.165) is 29.4 Å². The maximum Gasteiger partial charge on any atom is 0.120 e. The minimum Gasteiger partial charge on any atom is -0.494 e. The summed E-state index contributed by atoms with van der Waals surface area (Å²) < 4.78 is 5.45. The fraction of sp³-hybridized carbons (Fsp3) is 0.455. The van der Waals surface area contributed by atoms with Gasteiger partial charge in [0, 0.05) is 28.9 Å². The fourth-order valence-corrected chi connectivity index (χ4v) is 2.55. The van der Waals surface area contributed by atoms with Crippen molar-refractivity contribution in [2.75, 3.05) is 25.4 Å². The molecule has 0 radical (unpaired) electrons. The van der Waals surface area contributed by atoms with E-state index in [9.17, 15) is 0 Å². The monoisotopic (exact) mass is 224 g/mol. The molecule has 82 valence electrons. The average Bonchev–Trinajstić information content (AvgIpc) is 2.16. The van der Waals surface area contributed by atoms with Gasteiger partial charge in [-0.05, 0) is 25.1 Å². The number of benzene rings is 1. The number of hydrogen-bond donors (Lipinski definition) is 2. The van der Waals surface area contributed by atoms with Gasteiger partial charge in [0.1, 0.15) is 5.75 Å². The molecule has 0 aromatic heterocycles. The van der Waals surface area contributed by atoms with E-state index in [2.05, 4.69) is 5.32 Å². The van der Waals surface area contributed by atoms with Gasteiger partial charge in [-0.15, -0.1) is 11.8 Å². The highest BCUT2D eigenvalue weighted by Crippen LogP contribution is 2.33. The molecule has 3 nitrogen and oxygen atoms in total. The fourth-order valence-electron chi connectivity index (χ4n) is 1.40. The Morgan fingerprint density at radius 3 is 2.93 bits per heavy atom. The van der Waals surface area contributed by atoms with Gasteiger partial charge >= 0.3 is 0 Å². The molecule has 2 rings (SSSR count). The van der Waals surface area contributed by atoms with Gasteiger partial charge in [0.15, 0.2) is 0 Å². The standard InChI is InChI=1S/C11H16N2OS/c1-2-14-8-3-4-10(12)11(5-8)15-9-6-13-7-9/h3-5,9,13H,2,6-7,12H2,1H3. The van der Waals surface area contributed by atoms with Crippen molar-refractivity contribution in [1.29, 1.82) is 0 Å². The molecule has 3 N–H and O–H groups in total. The Morgan fingerprint density at radius 1 is 1.53 bits per heavy atom. The molecule has 1 aliphatic heterocycles. The second kappa shape index (κ2) is 4.77. The van der Waals surface area contributed by atoms with Crippen molar-refractivity contribution in [2.45, 2.75) is 17.1 Å². The second-order valence-corrected chi connectivity index (χ2v) is 4.87. The molecule has 0 bridgehead atoms. The first-order valence-corrected chi connectivity index (χ1v) is 6.07. The van der Waals surface area contributed by atoms with E-state index in [-0.39, 0.29) is 0 Å². The van der Waals surface area contributed by atoms with Crippen LogP contribution >= 0.6 is 11.8 Å². The molecular formula is C11H16N2OS. The molecule has 1 aromatic rings. The lowest BCUT2D eigenvalue weighted by molar-refractivity contribution is 0.339. The maximum atomic E-state index is 5.92. The Balaban J connectivity index is 2.08. The Morgan fingerprint density at radius 2 is 2.33 bits per heavy atom. The number of hydrogen-bond acceptors (Lipinski definition) is 4. The summed E-state index contributed by atoms with van der Waals surface area (Å²) >= 11 is 1.83. The molecule has 0 aliphatic carbocycles. The van der Waals surface area contributed by atoms with Crippen molar-refractivity contribution in [2.24, 2.45) is 0 Å². The number of rotatable bonds is 4. The van der Waals surface area contributed by atoms with Crippen LogP contribution in [0.25, 0.3) is 0 Å². The van der Waals surface area contributed by atoms with E-state index in [4.69, 9.17) is 10.5 Å². The van der Waals surface area contributed by atoms with Crippen molar-refractivity contribution in [3.05, 3.63) is 18.2 Å². The Bertz CT molecular complexity index is 339. The topological polar surface area (TPSA) is 47.3 Å². The minimum absolute atomic E-state index is 0.657. The lowest BCUT2D eigenvalue weighted by atomic mass is 10.3. The van der Waals surface area contributed by atoms with E-state index in [1.165, 1.54) is 0 Å². The molecule has 0 atom stereocenters. The first-order chi connectivity index (χ1) is 7.29. The van der Waals surface area contributed by atoms with Gasteiger partial charge in [0.05, 0.1) is 6.61 Å². The summed E-state index contributed by atoms with van der Waals surface area (Å²) in [6.45, 7) is 4.82. The quantitative estimate of drug-likeness (QED) is 0.765. The Kier molecular flexibility index (Phi) is 3.38. The second-order valence-electron chi connectivity index (χ2n) is 3.53. The van der Waals surface area contributed by atoms with Gasteiger partial charge in [-0.3, -0.25) is 0 Å². The van der Waals surface area contributed by atoms with Crippen molar-refractivity contribution in [1.82, 2.24) is 5.32 Å². The summed E-state index contributed by atoms with van der Waals surface area (Å²) in [5, 5.41) is 3.90. The molecule has 1 aliphatic rings. The normalized spacial score (nSPS) is 16.1.